The second kappa shape index (κ2) is 5.82. The zero-order valence-corrected chi connectivity index (χ0v) is 11.2. The number of nitrogens with one attached hydrogen (secondary N) is 1. The highest BCUT2D eigenvalue weighted by atomic mass is 35.5. The van der Waals surface area contributed by atoms with Crippen molar-refractivity contribution in [3.8, 4) is 0 Å². The Hall–Kier alpha value is -1.36. The molecule has 94 valence electrons. The van der Waals surface area contributed by atoms with Crippen LogP contribution in [0.2, 0.25) is 5.15 Å². The van der Waals surface area contributed by atoms with Crippen molar-refractivity contribution in [1.29, 1.82) is 0 Å². The number of carbonyl (C=O) groups is 1. The Morgan fingerprint density at radius 2 is 2.18 bits per heavy atom. The van der Waals surface area contributed by atoms with Crippen molar-refractivity contribution in [3.63, 3.8) is 0 Å². The van der Waals surface area contributed by atoms with Crippen molar-refractivity contribution in [2.45, 2.75) is 26.8 Å². The van der Waals surface area contributed by atoms with E-state index in [4.69, 9.17) is 11.6 Å². The fraction of sp³-hybridized carbons (Fsp3) is 0.545. The molecule has 1 rings (SSSR count). The van der Waals surface area contributed by atoms with Crippen LogP contribution < -0.4 is 10.2 Å². The minimum absolute atomic E-state index is 0.0448. The molecule has 0 bridgehead atoms. The number of aromatic nitrogens is 2. The first kappa shape index (κ1) is 13.7. The molecule has 1 heterocycles. The molecule has 0 fully saturated rings. The summed E-state index contributed by atoms with van der Waals surface area (Å²) in [5.74, 6) is 0.626. The molecule has 0 atom stereocenters. The Morgan fingerprint density at radius 3 is 2.76 bits per heavy atom. The van der Waals surface area contributed by atoms with Crippen molar-refractivity contribution in [2.24, 2.45) is 0 Å². The third-order valence-corrected chi connectivity index (χ3v) is 2.57. The second-order valence-electron chi connectivity index (χ2n) is 4.19. The summed E-state index contributed by atoms with van der Waals surface area (Å²) < 4.78 is 0. The molecular weight excluding hydrogens is 240 g/mol. The molecule has 0 unspecified atom stereocenters. The summed E-state index contributed by atoms with van der Waals surface area (Å²) in [7, 11) is 1.80. The van der Waals surface area contributed by atoms with Crippen LogP contribution in [-0.4, -0.2) is 35.5 Å². The van der Waals surface area contributed by atoms with Gasteiger partial charge >= 0.3 is 0 Å². The highest BCUT2D eigenvalue weighted by Crippen LogP contribution is 2.20. The monoisotopic (exact) mass is 256 g/mol. The topological polar surface area (TPSA) is 58.1 Å². The van der Waals surface area contributed by atoms with Gasteiger partial charge in [0, 0.05) is 18.7 Å². The van der Waals surface area contributed by atoms with E-state index in [9.17, 15) is 4.79 Å². The Balaban J connectivity index is 2.73. The minimum Gasteiger partial charge on any atom is -0.352 e. The van der Waals surface area contributed by atoms with Crippen molar-refractivity contribution in [1.82, 2.24) is 15.3 Å². The summed E-state index contributed by atoms with van der Waals surface area (Å²) >= 11 is 5.90. The predicted molar refractivity (Wildman–Crippen MR) is 68.3 cm³/mol. The van der Waals surface area contributed by atoms with Gasteiger partial charge in [0.2, 0.25) is 5.91 Å². The standard InChI is InChI=1S/C11H17ClN4O/c1-7(2)15-9(17)5-16(4)11-8(3)10(12)13-6-14-11/h6-7H,5H2,1-4H3,(H,15,17). The molecule has 0 aliphatic heterocycles. The highest BCUT2D eigenvalue weighted by Gasteiger charge is 2.13. The van der Waals surface area contributed by atoms with Gasteiger partial charge in [0.1, 0.15) is 17.3 Å². The molecule has 0 spiro atoms. The maximum Gasteiger partial charge on any atom is 0.239 e. The fourth-order valence-corrected chi connectivity index (χ4v) is 1.59. The first-order chi connectivity index (χ1) is 7.91. The Kier molecular flexibility index (Phi) is 4.69. The highest BCUT2D eigenvalue weighted by molar-refractivity contribution is 6.30. The van der Waals surface area contributed by atoms with Gasteiger partial charge in [-0.2, -0.15) is 0 Å². The number of anilines is 1. The molecule has 0 aliphatic rings. The lowest BCUT2D eigenvalue weighted by Gasteiger charge is -2.20. The van der Waals surface area contributed by atoms with Gasteiger partial charge in [0.25, 0.3) is 0 Å². The van der Waals surface area contributed by atoms with Gasteiger partial charge in [0.15, 0.2) is 0 Å². The summed E-state index contributed by atoms with van der Waals surface area (Å²) in [6.07, 6.45) is 1.39. The van der Waals surface area contributed by atoms with Crippen molar-refractivity contribution < 1.29 is 4.79 Å². The van der Waals surface area contributed by atoms with E-state index in [1.807, 2.05) is 20.8 Å². The average Bonchev–Trinajstić information content (AvgIpc) is 2.20. The van der Waals surface area contributed by atoms with E-state index in [2.05, 4.69) is 15.3 Å². The molecule has 1 aromatic rings. The number of carbonyl (C=O) groups excluding carboxylic acids is 1. The lowest BCUT2D eigenvalue weighted by atomic mass is 10.3. The molecule has 1 aromatic heterocycles. The van der Waals surface area contributed by atoms with Crippen LogP contribution in [0.4, 0.5) is 5.82 Å². The SMILES string of the molecule is Cc1c(Cl)ncnc1N(C)CC(=O)NC(C)C. The number of hydrogen-bond donors (Lipinski definition) is 1. The third-order valence-electron chi connectivity index (χ3n) is 2.19. The van der Waals surface area contributed by atoms with Crippen LogP contribution in [0.5, 0.6) is 0 Å². The van der Waals surface area contributed by atoms with Gasteiger partial charge in [-0.3, -0.25) is 4.79 Å². The van der Waals surface area contributed by atoms with Gasteiger partial charge in [-0.05, 0) is 20.8 Å². The molecule has 0 radical (unpaired) electrons. The van der Waals surface area contributed by atoms with Crippen molar-refractivity contribution in [3.05, 3.63) is 17.0 Å². The molecular formula is C11H17ClN4O. The zero-order chi connectivity index (χ0) is 13.0. The molecule has 0 saturated carbocycles. The molecule has 1 amide bonds. The number of halogens is 1. The van der Waals surface area contributed by atoms with Crippen LogP contribution in [0.3, 0.4) is 0 Å². The minimum atomic E-state index is -0.0448. The molecule has 17 heavy (non-hydrogen) atoms. The number of rotatable bonds is 4. The maximum atomic E-state index is 11.6. The van der Waals surface area contributed by atoms with Gasteiger partial charge in [0.05, 0.1) is 6.54 Å². The summed E-state index contributed by atoms with van der Waals surface area (Å²) in [5.41, 5.74) is 0.772. The average molecular weight is 257 g/mol. The van der Waals surface area contributed by atoms with Crippen molar-refractivity contribution in [2.75, 3.05) is 18.5 Å². The summed E-state index contributed by atoms with van der Waals surface area (Å²) in [6.45, 7) is 5.91. The van der Waals surface area contributed by atoms with E-state index in [-0.39, 0.29) is 18.5 Å². The molecule has 0 aliphatic carbocycles. The van der Waals surface area contributed by atoms with E-state index < -0.39 is 0 Å². The third kappa shape index (κ3) is 3.85. The van der Waals surface area contributed by atoms with E-state index in [1.165, 1.54) is 6.33 Å². The quantitative estimate of drug-likeness (QED) is 0.828. The van der Waals surface area contributed by atoms with E-state index in [0.29, 0.717) is 11.0 Å². The number of amides is 1. The summed E-state index contributed by atoms with van der Waals surface area (Å²) in [6, 6.07) is 0.131. The van der Waals surface area contributed by atoms with E-state index >= 15 is 0 Å². The summed E-state index contributed by atoms with van der Waals surface area (Å²) in [5, 5.41) is 3.23. The second-order valence-corrected chi connectivity index (χ2v) is 4.55. The van der Waals surface area contributed by atoms with Gasteiger partial charge < -0.3 is 10.2 Å². The lowest BCUT2D eigenvalue weighted by molar-refractivity contribution is -0.120. The lowest BCUT2D eigenvalue weighted by Crippen LogP contribution is -2.39. The van der Waals surface area contributed by atoms with E-state index in [0.717, 1.165) is 5.56 Å². The Labute approximate surface area is 106 Å². The number of nitrogens with zero attached hydrogens (tertiary/aromatic N) is 3. The Bertz CT molecular complexity index is 408. The predicted octanol–water partition coefficient (Wildman–Crippen LogP) is 1.40. The van der Waals surface area contributed by atoms with Crippen LogP contribution in [0, 0.1) is 6.92 Å². The van der Waals surface area contributed by atoms with Gasteiger partial charge in [-0.1, -0.05) is 11.6 Å². The summed E-state index contributed by atoms with van der Waals surface area (Å²) in [4.78, 5) is 21.4. The molecule has 0 saturated heterocycles. The van der Waals surface area contributed by atoms with Crippen molar-refractivity contribution >= 4 is 23.3 Å². The van der Waals surface area contributed by atoms with Crippen LogP contribution in [0.15, 0.2) is 6.33 Å². The normalized spacial score (nSPS) is 10.5. The van der Waals surface area contributed by atoms with Gasteiger partial charge in [-0.25, -0.2) is 9.97 Å². The van der Waals surface area contributed by atoms with Crippen LogP contribution >= 0.6 is 11.6 Å². The zero-order valence-electron chi connectivity index (χ0n) is 10.5. The molecule has 0 aromatic carbocycles. The fourth-order valence-electron chi connectivity index (χ4n) is 1.46. The molecule has 1 N–H and O–H groups in total. The van der Waals surface area contributed by atoms with Crippen LogP contribution in [-0.2, 0) is 4.79 Å². The molecule has 6 heteroatoms. The van der Waals surface area contributed by atoms with Gasteiger partial charge in [-0.15, -0.1) is 0 Å². The first-order valence-electron chi connectivity index (χ1n) is 5.39. The number of likely N-dealkylation sites (N-methyl/N-ethyl adjacent to an activating group) is 1. The largest absolute Gasteiger partial charge is 0.352 e. The Morgan fingerprint density at radius 1 is 1.53 bits per heavy atom. The first-order valence-corrected chi connectivity index (χ1v) is 5.77. The maximum absolute atomic E-state index is 11.6. The van der Waals surface area contributed by atoms with Crippen LogP contribution in [0.25, 0.3) is 0 Å². The molecule has 5 nitrogen and oxygen atoms in total. The smallest absolute Gasteiger partial charge is 0.239 e. The van der Waals surface area contributed by atoms with Crippen LogP contribution in [0.1, 0.15) is 19.4 Å². The number of hydrogen-bond acceptors (Lipinski definition) is 4. The van der Waals surface area contributed by atoms with E-state index in [1.54, 1.807) is 11.9 Å².